The summed E-state index contributed by atoms with van der Waals surface area (Å²) in [5, 5.41) is 3.03. The first-order chi connectivity index (χ1) is 14.7. The number of methoxy groups -OCH3 is 1. The predicted octanol–water partition coefficient (Wildman–Crippen LogP) is 4.60. The fourth-order valence-corrected chi connectivity index (χ4v) is 4.07. The van der Waals surface area contributed by atoms with E-state index in [1.54, 1.807) is 19.4 Å². The van der Waals surface area contributed by atoms with Gasteiger partial charge in [-0.15, -0.1) is 0 Å². The lowest BCUT2D eigenvalue weighted by atomic mass is 10.1. The zero-order chi connectivity index (χ0) is 20.9. The number of carbonyl (C=O) groups excluding carboxylic acids is 1. The van der Waals surface area contributed by atoms with E-state index in [2.05, 4.69) is 53.5 Å². The van der Waals surface area contributed by atoms with E-state index in [9.17, 15) is 4.79 Å². The molecule has 1 aromatic heterocycles. The molecule has 4 rings (SSSR count). The Hall–Kier alpha value is -3.21. The van der Waals surface area contributed by atoms with Gasteiger partial charge in [0.1, 0.15) is 11.5 Å². The number of benzene rings is 2. The van der Waals surface area contributed by atoms with Crippen LogP contribution in [-0.2, 0) is 19.4 Å². The van der Waals surface area contributed by atoms with E-state index < -0.39 is 0 Å². The van der Waals surface area contributed by atoms with Gasteiger partial charge in [0.15, 0.2) is 0 Å². The van der Waals surface area contributed by atoms with Crippen molar-refractivity contribution in [3.05, 3.63) is 83.3 Å². The van der Waals surface area contributed by atoms with Gasteiger partial charge in [-0.25, -0.2) is 0 Å². The maximum absolute atomic E-state index is 12.7. The second-order valence-electron chi connectivity index (χ2n) is 7.77. The van der Waals surface area contributed by atoms with Crippen molar-refractivity contribution in [3.8, 4) is 5.75 Å². The molecule has 2 heterocycles. The quantitative estimate of drug-likeness (QED) is 0.558. The van der Waals surface area contributed by atoms with Gasteiger partial charge in [0, 0.05) is 18.3 Å². The predicted molar refractivity (Wildman–Crippen MR) is 118 cm³/mol. The number of nitrogens with one attached hydrogen (secondary N) is 1. The molecule has 1 atom stereocenters. The van der Waals surface area contributed by atoms with Gasteiger partial charge in [-0.05, 0) is 61.6 Å². The smallest absolute Gasteiger partial charge is 0.254 e. The highest BCUT2D eigenvalue weighted by molar-refractivity contribution is 5.95. The topological polar surface area (TPSA) is 54.7 Å². The number of hydrogen-bond donors (Lipinski definition) is 1. The highest BCUT2D eigenvalue weighted by atomic mass is 16.5. The average Bonchev–Trinajstić information content (AvgIpc) is 3.36. The van der Waals surface area contributed by atoms with Gasteiger partial charge in [-0.3, -0.25) is 4.79 Å². The Bertz CT molecular complexity index is 994. The molecule has 156 valence electrons. The molecule has 1 aliphatic heterocycles. The zero-order valence-corrected chi connectivity index (χ0v) is 17.6. The second-order valence-corrected chi connectivity index (χ2v) is 7.77. The first kappa shape index (κ1) is 20.1. The van der Waals surface area contributed by atoms with E-state index in [1.165, 1.54) is 16.8 Å². The molecule has 0 fully saturated rings. The van der Waals surface area contributed by atoms with Crippen molar-refractivity contribution in [1.29, 1.82) is 0 Å². The monoisotopic (exact) mass is 404 g/mol. The molecular formula is C25H28N2O3. The molecule has 5 nitrogen and oxygen atoms in total. The summed E-state index contributed by atoms with van der Waals surface area (Å²) >= 11 is 0. The van der Waals surface area contributed by atoms with Crippen molar-refractivity contribution in [2.75, 3.05) is 18.6 Å². The van der Waals surface area contributed by atoms with Crippen LogP contribution in [0.5, 0.6) is 5.75 Å². The van der Waals surface area contributed by atoms with Gasteiger partial charge in [-0.2, -0.15) is 0 Å². The minimum absolute atomic E-state index is 0.0754. The summed E-state index contributed by atoms with van der Waals surface area (Å²) in [5.74, 6) is 1.49. The number of fused-ring (bicyclic) bond motifs is 1. The second kappa shape index (κ2) is 9.08. The highest BCUT2D eigenvalue weighted by Crippen LogP contribution is 2.33. The minimum atomic E-state index is -0.0754. The van der Waals surface area contributed by atoms with Gasteiger partial charge in [0.25, 0.3) is 5.91 Å². The molecule has 0 bridgehead atoms. The van der Waals surface area contributed by atoms with Gasteiger partial charge in [-0.1, -0.05) is 30.3 Å². The molecule has 0 aliphatic carbocycles. The van der Waals surface area contributed by atoms with Crippen molar-refractivity contribution in [1.82, 2.24) is 5.32 Å². The lowest BCUT2D eigenvalue weighted by Gasteiger charge is -2.24. The Morgan fingerprint density at radius 3 is 2.77 bits per heavy atom. The summed E-state index contributed by atoms with van der Waals surface area (Å²) in [6, 6.07) is 18.6. The first-order valence-electron chi connectivity index (χ1n) is 10.5. The third kappa shape index (κ3) is 4.35. The molecule has 30 heavy (non-hydrogen) atoms. The normalized spacial score (nSPS) is 15.1. The zero-order valence-electron chi connectivity index (χ0n) is 17.6. The van der Waals surface area contributed by atoms with E-state index in [0.717, 1.165) is 25.0 Å². The van der Waals surface area contributed by atoms with Crippen molar-refractivity contribution >= 4 is 11.6 Å². The van der Waals surface area contributed by atoms with Crippen LogP contribution in [0.15, 0.2) is 65.3 Å². The Labute approximate surface area is 177 Å². The molecule has 0 saturated carbocycles. The molecule has 0 saturated heterocycles. The largest absolute Gasteiger partial charge is 0.497 e. The van der Waals surface area contributed by atoms with Gasteiger partial charge < -0.3 is 19.4 Å². The number of amides is 1. The molecule has 3 aromatic rings. The standard InChI is InChI=1S/C25H28N2O3/c1-18-16-20-7-3-4-8-23(20)27(18)17-24-22(13-15-30-24)25(28)26-14-5-6-19-9-11-21(29-2)12-10-19/h3-4,7-13,15,18H,5-6,14,16-17H2,1-2H3,(H,26,28). The molecule has 2 aromatic carbocycles. The van der Waals surface area contributed by atoms with E-state index in [4.69, 9.17) is 9.15 Å². The number of rotatable bonds is 8. The Morgan fingerprint density at radius 2 is 1.97 bits per heavy atom. The van der Waals surface area contributed by atoms with Gasteiger partial charge in [0.2, 0.25) is 0 Å². The summed E-state index contributed by atoms with van der Waals surface area (Å²) < 4.78 is 10.9. The van der Waals surface area contributed by atoms with Crippen molar-refractivity contribution in [2.24, 2.45) is 0 Å². The van der Waals surface area contributed by atoms with E-state index in [-0.39, 0.29) is 5.91 Å². The lowest BCUT2D eigenvalue weighted by molar-refractivity contribution is 0.0951. The lowest BCUT2D eigenvalue weighted by Crippen LogP contribution is -2.30. The van der Waals surface area contributed by atoms with Crippen LogP contribution in [0.3, 0.4) is 0 Å². The SMILES string of the molecule is COc1ccc(CCCNC(=O)c2ccoc2CN2c3ccccc3CC2C)cc1. The number of para-hydroxylation sites is 1. The molecular weight excluding hydrogens is 376 g/mol. The van der Waals surface area contributed by atoms with Crippen molar-refractivity contribution in [3.63, 3.8) is 0 Å². The van der Waals surface area contributed by atoms with Crippen molar-refractivity contribution in [2.45, 2.75) is 38.8 Å². The van der Waals surface area contributed by atoms with Crippen LogP contribution in [0, 0.1) is 0 Å². The molecule has 1 unspecified atom stereocenters. The summed E-state index contributed by atoms with van der Waals surface area (Å²) in [6.45, 7) is 3.43. The maximum atomic E-state index is 12.7. The fraction of sp³-hybridized carbons (Fsp3) is 0.320. The van der Waals surface area contributed by atoms with Crippen LogP contribution >= 0.6 is 0 Å². The molecule has 1 amide bonds. The number of anilines is 1. The van der Waals surface area contributed by atoms with E-state index in [1.807, 2.05) is 12.1 Å². The summed E-state index contributed by atoms with van der Waals surface area (Å²) in [6.07, 6.45) is 4.41. The third-order valence-corrected chi connectivity index (χ3v) is 5.74. The summed E-state index contributed by atoms with van der Waals surface area (Å²) in [4.78, 5) is 15.0. The van der Waals surface area contributed by atoms with E-state index >= 15 is 0 Å². The van der Waals surface area contributed by atoms with Crippen LogP contribution < -0.4 is 15.0 Å². The van der Waals surface area contributed by atoms with Crippen LogP contribution in [0.2, 0.25) is 0 Å². The number of carbonyl (C=O) groups is 1. The molecule has 1 N–H and O–H groups in total. The Morgan fingerprint density at radius 1 is 1.17 bits per heavy atom. The van der Waals surface area contributed by atoms with Crippen molar-refractivity contribution < 1.29 is 13.9 Å². The summed E-state index contributed by atoms with van der Waals surface area (Å²) in [5.41, 5.74) is 4.43. The number of aryl methyl sites for hydroxylation is 1. The Kier molecular flexibility index (Phi) is 6.07. The van der Waals surface area contributed by atoms with E-state index in [0.29, 0.717) is 30.5 Å². The molecule has 5 heteroatoms. The fourth-order valence-electron chi connectivity index (χ4n) is 4.07. The number of nitrogens with zero attached hydrogens (tertiary/aromatic N) is 1. The number of furan rings is 1. The minimum Gasteiger partial charge on any atom is -0.497 e. The van der Waals surface area contributed by atoms with Gasteiger partial charge >= 0.3 is 0 Å². The highest BCUT2D eigenvalue weighted by Gasteiger charge is 2.27. The average molecular weight is 405 g/mol. The van der Waals surface area contributed by atoms with Crippen LogP contribution in [0.25, 0.3) is 0 Å². The maximum Gasteiger partial charge on any atom is 0.254 e. The van der Waals surface area contributed by atoms with Gasteiger partial charge in [0.05, 0.1) is 25.5 Å². The third-order valence-electron chi connectivity index (χ3n) is 5.74. The summed E-state index contributed by atoms with van der Waals surface area (Å²) in [7, 11) is 1.66. The number of hydrogen-bond acceptors (Lipinski definition) is 4. The molecule has 0 radical (unpaired) electrons. The van der Waals surface area contributed by atoms with Crippen LogP contribution in [-0.4, -0.2) is 25.6 Å². The Balaban J connectivity index is 1.32. The molecule has 1 aliphatic rings. The van der Waals surface area contributed by atoms with Crippen LogP contribution in [0.1, 0.15) is 40.6 Å². The van der Waals surface area contributed by atoms with Crippen LogP contribution in [0.4, 0.5) is 5.69 Å². The molecule has 0 spiro atoms. The number of ether oxygens (including phenoxy) is 1. The first-order valence-corrected chi connectivity index (χ1v) is 10.5.